The van der Waals surface area contributed by atoms with E-state index in [9.17, 15) is 9.90 Å². The van der Waals surface area contributed by atoms with E-state index in [1.165, 1.54) is 0 Å². The van der Waals surface area contributed by atoms with Crippen molar-refractivity contribution in [3.8, 4) is 0 Å². The maximum Gasteiger partial charge on any atom is 0.226 e. The second-order valence-corrected chi connectivity index (χ2v) is 7.27. The van der Waals surface area contributed by atoms with Gasteiger partial charge in [-0.1, -0.05) is 74.5 Å². The molecule has 0 unspecified atom stereocenters. The number of amides is 1. The van der Waals surface area contributed by atoms with Crippen LogP contribution in [0.1, 0.15) is 31.4 Å². The van der Waals surface area contributed by atoms with Gasteiger partial charge in [-0.15, -0.1) is 0 Å². The summed E-state index contributed by atoms with van der Waals surface area (Å²) >= 11 is 0. The first-order valence-electron chi connectivity index (χ1n) is 9.23. The van der Waals surface area contributed by atoms with Crippen molar-refractivity contribution in [2.75, 3.05) is 0 Å². The Bertz CT molecular complexity index is 702. The number of aliphatic hydroxyl groups excluding tert-OH is 1. The average Bonchev–Trinajstić information content (AvgIpc) is 2.96. The number of benzene rings is 2. The molecule has 1 heterocycles. The molecule has 0 saturated carbocycles. The summed E-state index contributed by atoms with van der Waals surface area (Å²) in [4.78, 5) is 14.5. The maximum absolute atomic E-state index is 12.7. The van der Waals surface area contributed by atoms with Crippen molar-refractivity contribution in [1.29, 1.82) is 0 Å². The molecule has 0 aromatic heterocycles. The van der Waals surface area contributed by atoms with Gasteiger partial charge in [-0.05, 0) is 17.0 Å². The van der Waals surface area contributed by atoms with Crippen molar-refractivity contribution in [2.45, 2.75) is 51.7 Å². The van der Waals surface area contributed by atoms with Crippen molar-refractivity contribution in [1.82, 2.24) is 4.90 Å². The summed E-state index contributed by atoms with van der Waals surface area (Å²) in [6.45, 7) is 4.89. The largest absolute Gasteiger partial charge is 0.391 e. The Balaban J connectivity index is 1.76. The highest BCUT2D eigenvalue weighted by molar-refractivity contribution is 5.80. The first-order chi connectivity index (χ1) is 12.6. The molecule has 0 aliphatic carbocycles. The van der Waals surface area contributed by atoms with Gasteiger partial charge >= 0.3 is 0 Å². The van der Waals surface area contributed by atoms with Gasteiger partial charge in [-0.3, -0.25) is 4.79 Å². The number of ether oxygens (including phenoxy) is 1. The number of nitrogens with zero attached hydrogens (tertiary/aromatic N) is 1. The van der Waals surface area contributed by atoms with Crippen molar-refractivity contribution in [3.63, 3.8) is 0 Å². The summed E-state index contributed by atoms with van der Waals surface area (Å²) in [7, 11) is 0. The second kappa shape index (κ2) is 8.47. The van der Waals surface area contributed by atoms with E-state index in [-0.39, 0.29) is 24.0 Å². The van der Waals surface area contributed by atoms with Gasteiger partial charge in [0.15, 0.2) is 0 Å². The first kappa shape index (κ1) is 18.6. The summed E-state index contributed by atoms with van der Waals surface area (Å²) in [6.07, 6.45) is -0.608. The smallest absolute Gasteiger partial charge is 0.226 e. The van der Waals surface area contributed by atoms with E-state index < -0.39 is 6.10 Å². The molecule has 4 heteroatoms. The quantitative estimate of drug-likeness (QED) is 0.830. The number of aliphatic hydroxyl groups is 1. The summed E-state index contributed by atoms with van der Waals surface area (Å²) in [6, 6.07) is 19.5. The van der Waals surface area contributed by atoms with Crippen LogP contribution in [0.15, 0.2) is 60.7 Å². The third-order valence-electron chi connectivity index (χ3n) is 4.97. The van der Waals surface area contributed by atoms with Crippen LogP contribution in [-0.4, -0.2) is 34.2 Å². The minimum Gasteiger partial charge on any atom is -0.391 e. The predicted molar refractivity (Wildman–Crippen MR) is 101 cm³/mol. The van der Waals surface area contributed by atoms with Gasteiger partial charge in [0.1, 0.15) is 0 Å². The van der Waals surface area contributed by atoms with Crippen molar-refractivity contribution in [2.24, 2.45) is 5.92 Å². The standard InChI is InChI=1S/C22H27NO3/c1-16(2)22(25)21-19(26-15-18-11-7-4-8-12-18)13-20(24)23(21)14-17-9-5-3-6-10-17/h3-12,16,19,21-22,25H,13-15H2,1-2H3/t19-,21-,22-/m0/s1. The minimum atomic E-state index is -0.620. The molecule has 0 radical (unpaired) electrons. The van der Waals surface area contributed by atoms with Crippen LogP contribution in [0.25, 0.3) is 0 Å². The lowest BCUT2D eigenvalue weighted by Gasteiger charge is -2.34. The Labute approximate surface area is 155 Å². The molecule has 2 aromatic rings. The molecule has 1 aliphatic heterocycles. The van der Waals surface area contributed by atoms with Gasteiger partial charge in [-0.2, -0.15) is 0 Å². The van der Waals surface area contributed by atoms with Crippen LogP contribution in [-0.2, 0) is 22.7 Å². The van der Waals surface area contributed by atoms with Gasteiger partial charge in [0, 0.05) is 6.54 Å². The zero-order valence-electron chi connectivity index (χ0n) is 15.4. The number of carbonyl (C=O) groups is 1. The number of rotatable bonds is 7. The molecule has 3 rings (SSSR count). The third-order valence-corrected chi connectivity index (χ3v) is 4.97. The van der Waals surface area contributed by atoms with E-state index in [1.807, 2.05) is 74.5 Å². The van der Waals surface area contributed by atoms with E-state index in [2.05, 4.69) is 0 Å². The van der Waals surface area contributed by atoms with Crippen LogP contribution in [0.4, 0.5) is 0 Å². The molecule has 0 spiro atoms. The SMILES string of the molecule is CC(C)[C@H](O)[C@@H]1[C@@H](OCc2ccccc2)CC(=O)N1Cc1ccccc1. The number of hydrogen-bond donors (Lipinski definition) is 1. The molecule has 4 nitrogen and oxygen atoms in total. The highest BCUT2D eigenvalue weighted by atomic mass is 16.5. The minimum absolute atomic E-state index is 0.0385. The Morgan fingerprint density at radius 3 is 2.19 bits per heavy atom. The lowest BCUT2D eigenvalue weighted by Crippen LogP contribution is -2.48. The Kier molecular flexibility index (Phi) is 6.07. The van der Waals surface area contributed by atoms with E-state index >= 15 is 0 Å². The summed E-state index contributed by atoms with van der Waals surface area (Å²) < 4.78 is 6.09. The normalized spacial score (nSPS) is 21.4. The van der Waals surface area contributed by atoms with E-state index in [0.717, 1.165) is 11.1 Å². The monoisotopic (exact) mass is 353 g/mol. The zero-order chi connectivity index (χ0) is 18.5. The Morgan fingerprint density at radius 1 is 1.04 bits per heavy atom. The Morgan fingerprint density at radius 2 is 1.62 bits per heavy atom. The van der Waals surface area contributed by atoms with Crippen molar-refractivity contribution >= 4 is 5.91 Å². The molecular formula is C22H27NO3. The highest BCUT2D eigenvalue weighted by Crippen LogP contribution is 2.30. The molecule has 26 heavy (non-hydrogen) atoms. The van der Waals surface area contributed by atoms with Crippen molar-refractivity contribution < 1.29 is 14.6 Å². The maximum atomic E-state index is 12.7. The summed E-state index contributed by atoms with van der Waals surface area (Å²) in [5.41, 5.74) is 2.13. The van der Waals surface area contributed by atoms with Crippen molar-refractivity contribution in [3.05, 3.63) is 71.8 Å². The van der Waals surface area contributed by atoms with E-state index in [4.69, 9.17) is 4.74 Å². The molecule has 2 aromatic carbocycles. The molecular weight excluding hydrogens is 326 g/mol. The summed E-state index contributed by atoms with van der Waals surface area (Å²) in [5.74, 6) is 0.0867. The molecule has 1 saturated heterocycles. The van der Waals surface area contributed by atoms with Gasteiger partial charge < -0.3 is 14.7 Å². The lowest BCUT2D eigenvalue weighted by atomic mass is 9.95. The molecule has 1 fully saturated rings. The second-order valence-electron chi connectivity index (χ2n) is 7.27. The van der Waals surface area contributed by atoms with Gasteiger partial charge in [0.25, 0.3) is 0 Å². The molecule has 1 N–H and O–H groups in total. The van der Waals surface area contributed by atoms with Crippen LogP contribution in [0.2, 0.25) is 0 Å². The number of hydrogen-bond acceptors (Lipinski definition) is 3. The zero-order valence-corrected chi connectivity index (χ0v) is 15.4. The molecule has 3 atom stereocenters. The van der Waals surface area contributed by atoms with Crippen LogP contribution < -0.4 is 0 Å². The van der Waals surface area contributed by atoms with Crippen LogP contribution >= 0.6 is 0 Å². The van der Waals surface area contributed by atoms with Gasteiger partial charge in [0.05, 0.1) is 31.3 Å². The molecule has 0 bridgehead atoms. The average molecular weight is 353 g/mol. The topological polar surface area (TPSA) is 49.8 Å². The molecule has 1 aliphatic rings. The highest BCUT2D eigenvalue weighted by Gasteiger charge is 2.45. The predicted octanol–water partition coefficient (Wildman–Crippen LogP) is 3.39. The fourth-order valence-electron chi connectivity index (χ4n) is 3.48. The Hall–Kier alpha value is -2.17. The van der Waals surface area contributed by atoms with Gasteiger partial charge in [-0.25, -0.2) is 0 Å². The number of carbonyl (C=O) groups excluding carboxylic acids is 1. The first-order valence-corrected chi connectivity index (χ1v) is 9.23. The number of likely N-dealkylation sites (tertiary alicyclic amines) is 1. The lowest BCUT2D eigenvalue weighted by molar-refractivity contribution is -0.131. The fraction of sp³-hybridized carbons (Fsp3) is 0.409. The van der Waals surface area contributed by atoms with E-state index in [0.29, 0.717) is 19.6 Å². The van der Waals surface area contributed by atoms with Gasteiger partial charge in [0.2, 0.25) is 5.91 Å². The molecule has 138 valence electrons. The van der Waals surface area contributed by atoms with E-state index in [1.54, 1.807) is 4.90 Å². The van der Waals surface area contributed by atoms with Crippen LogP contribution in [0.5, 0.6) is 0 Å². The molecule has 1 amide bonds. The summed E-state index contributed by atoms with van der Waals surface area (Å²) in [5, 5.41) is 10.8. The third kappa shape index (κ3) is 4.32. The van der Waals surface area contributed by atoms with Crippen LogP contribution in [0, 0.1) is 5.92 Å². The fourth-order valence-corrected chi connectivity index (χ4v) is 3.48. The van der Waals surface area contributed by atoms with Crippen LogP contribution in [0.3, 0.4) is 0 Å².